The van der Waals surface area contributed by atoms with Gasteiger partial charge in [0, 0.05) is 18.1 Å². The van der Waals surface area contributed by atoms with Crippen LogP contribution in [0.5, 0.6) is 0 Å². The molecule has 1 heterocycles. The summed E-state index contributed by atoms with van der Waals surface area (Å²) in [7, 11) is 0. The van der Waals surface area contributed by atoms with Crippen LogP contribution in [-0.4, -0.2) is 26.0 Å². The van der Waals surface area contributed by atoms with Crippen molar-refractivity contribution in [3.05, 3.63) is 42.5 Å². The zero-order valence-corrected chi connectivity index (χ0v) is 11.1. The molecule has 0 atom stereocenters. The third kappa shape index (κ3) is 3.34. The van der Waals surface area contributed by atoms with E-state index in [-0.39, 0.29) is 5.82 Å². The van der Waals surface area contributed by atoms with E-state index in [0.29, 0.717) is 5.75 Å². The lowest BCUT2D eigenvalue weighted by Crippen LogP contribution is -2.22. The summed E-state index contributed by atoms with van der Waals surface area (Å²) in [6, 6.07) is 6.34. The van der Waals surface area contributed by atoms with E-state index in [4.69, 9.17) is 0 Å². The Bertz CT molecular complexity index is 534. The molecule has 18 heavy (non-hydrogen) atoms. The molecule has 2 aromatic rings. The number of thioether (sulfide) groups is 1. The quantitative estimate of drug-likeness (QED) is 0.865. The van der Waals surface area contributed by atoms with Crippen molar-refractivity contribution in [1.29, 1.82) is 0 Å². The van der Waals surface area contributed by atoms with Gasteiger partial charge in [0.2, 0.25) is 0 Å². The van der Waals surface area contributed by atoms with Crippen LogP contribution in [0.4, 0.5) is 4.39 Å². The molecule has 0 aliphatic heterocycles. The summed E-state index contributed by atoms with van der Waals surface area (Å²) in [6.07, 6.45) is 3.44. The second-order valence-corrected chi connectivity index (χ2v) is 5.60. The predicted octanol–water partition coefficient (Wildman–Crippen LogP) is 2.87. The fraction of sp³-hybridized carbons (Fsp3) is 0.308. The zero-order valence-electron chi connectivity index (χ0n) is 10.3. The van der Waals surface area contributed by atoms with Crippen LogP contribution < -0.4 is 0 Å². The Kier molecular flexibility index (Phi) is 3.73. The number of hydrogen-bond acceptors (Lipinski definition) is 3. The monoisotopic (exact) mass is 266 g/mol. The Morgan fingerprint density at radius 3 is 2.89 bits per heavy atom. The van der Waals surface area contributed by atoms with Crippen molar-refractivity contribution in [3.8, 4) is 5.69 Å². The Labute approximate surface area is 110 Å². The average molecular weight is 266 g/mol. The van der Waals surface area contributed by atoms with E-state index in [1.54, 1.807) is 36.9 Å². The van der Waals surface area contributed by atoms with Crippen molar-refractivity contribution in [3.63, 3.8) is 0 Å². The summed E-state index contributed by atoms with van der Waals surface area (Å²) >= 11 is 1.44. The molecule has 3 nitrogen and oxygen atoms in total. The molecule has 0 spiro atoms. The minimum Gasteiger partial charge on any atom is -0.390 e. The van der Waals surface area contributed by atoms with Crippen LogP contribution in [0.3, 0.4) is 0 Å². The van der Waals surface area contributed by atoms with E-state index < -0.39 is 5.60 Å². The molecule has 0 fully saturated rings. The van der Waals surface area contributed by atoms with Crippen molar-refractivity contribution in [2.45, 2.75) is 24.6 Å². The van der Waals surface area contributed by atoms with E-state index >= 15 is 0 Å². The van der Waals surface area contributed by atoms with Crippen LogP contribution in [0.1, 0.15) is 13.8 Å². The van der Waals surface area contributed by atoms with Gasteiger partial charge in [-0.25, -0.2) is 9.37 Å². The average Bonchev–Trinajstić information content (AvgIpc) is 2.73. The van der Waals surface area contributed by atoms with E-state index in [1.165, 1.54) is 23.9 Å². The number of benzene rings is 1. The molecule has 0 bridgehead atoms. The third-order valence-corrected chi connectivity index (χ3v) is 3.66. The Morgan fingerprint density at radius 2 is 2.22 bits per heavy atom. The normalized spacial score (nSPS) is 11.8. The van der Waals surface area contributed by atoms with Gasteiger partial charge in [0.05, 0.1) is 11.3 Å². The Hall–Kier alpha value is -1.33. The molecule has 1 aromatic heterocycles. The summed E-state index contributed by atoms with van der Waals surface area (Å²) in [5, 5.41) is 10.4. The molecule has 1 N–H and O–H groups in total. The predicted molar refractivity (Wildman–Crippen MR) is 70.5 cm³/mol. The van der Waals surface area contributed by atoms with Crippen molar-refractivity contribution >= 4 is 11.8 Å². The van der Waals surface area contributed by atoms with Crippen molar-refractivity contribution < 1.29 is 9.50 Å². The first kappa shape index (κ1) is 13.1. The fourth-order valence-corrected chi connectivity index (χ4v) is 2.38. The van der Waals surface area contributed by atoms with Gasteiger partial charge in [-0.2, -0.15) is 0 Å². The molecule has 2 rings (SSSR count). The van der Waals surface area contributed by atoms with Gasteiger partial charge in [-0.3, -0.25) is 4.57 Å². The molecule has 0 unspecified atom stereocenters. The summed E-state index contributed by atoms with van der Waals surface area (Å²) in [4.78, 5) is 4.22. The number of aliphatic hydroxyl groups is 1. The number of aromatic nitrogens is 2. The minimum absolute atomic E-state index is 0.278. The van der Waals surface area contributed by atoms with Crippen LogP contribution in [0.2, 0.25) is 0 Å². The number of hydrogen-bond donors (Lipinski definition) is 1. The number of nitrogens with zero attached hydrogens (tertiary/aromatic N) is 2. The molecule has 0 aliphatic rings. The zero-order chi connectivity index (χ0) is 13.2. The minimum atomic E-state index is -0.761. The van der Waals surface area contributed by atoms with Gasteiger partial charge in [-0.05, 0) is 32.0 Å². The maximum absolute atomic E-state index is 13.2. The van der Waals surface area contributed by atoms with Gasteiger partial charge in [0.15, 0.2) is 5.16 Å². The van der Waals surface area contributed by atoms with Crippen molar-refractivity contribution in [1.82, 2.24) is 9.55 Å². The molecule has 0 aliphatic carbocycles. The van der Waals surface area contributed by atoms with E-state index in [1.807, 2.05) is 6.07 Å². The number of halogens is 1. The molecule has 1 aromatic carbocycles. The second-order valence-electron chi connectivity index (χ2n) is 4.66. The molecule has 96 valence electrons. The number of rotatable bonds is 4. The molecule has 0 amide bonds. The highest BCUT2D eigenvalue weighted by atomic mass is 32.2. The molecular weight excluding hydrogens is 251 g/mol. The first-order valence-corrected chi connectivity index (χ1v) is 6.59. The van der Waals surface area contributed by atoms with Gasteiger partial charge in [0.1, 0.15) is 5.82 Å². The largest absolute Gasteiger partial charge is 0.390 e. The van der Waals surface area contributed by atoms with Gasteiger partial charge in [0.25, 0.3) is 0 Å². The molecule has 0 saturated carbocycles. The van der Waals surface area contributed by atoms with E-state index in [0.717, 1.165) is 10.8 Å². The van der Waals surface area contributed by atoms with Crippen LogP contribution in [-0.2, 0) is 0 Å². The van der Waals surface area contributed by atoms with Gasteiger partial charge >= 0.3 is 0 Å². The molecule has 0 saturated heterocycles. The van der Waals surface area contributed by atoms with E-state index in [2.05, 4.69) is 4.98 Å². The first-order chi connectivity index (χ1) is 8.46. The van der Waals surface area contributed by atoms with Gasteiger partial charge in [-0.1, -0.05) is 17.8 Å². The maximum Gasteiger partial charge on any atom is 0.172 e. The van der Waals surface area contributed by atoms with Gasteiger partial charge in [-0.15, -0.1) is 0 Å². The Balaban J connectivity index is 2.23. The van der Waals surface area contributed by atoms with Crippen LogP contribution in [0.25, 0.3) is 5.69 Å². The van der Waals surface area contributed by atoms with Gasteiger partial charge < -0.3 is 5.11 Å². The van der Waals surface area contributed by atoms with Crippen LogP contribution in [0, 0.1) is 5.82 Å². The molecule has 5 heteroatoms. The van der Waals surface area contributed by atoms with Crippen LogP contribution in [0.15, 0.2) is 41.8 Å². The lowest BCUT2D eigenvalue weighted by Gasteiger charge is -2.16. The lowest BCUT2D eigenvalue weighted by atomic mass is 10.2. The maximum atomic E-state index is 13.2. The number of imidazole rings is 1. The summed E-state index contributed by atoms with van der Waals surface area (Å²) in [5.74, 6) is 0.249. The summed E-state index contributed by atoms with van der Waals surface area (Å²) < 4.78 is 15.0. The summed E-state index contributed by atoms with van der Waals surface area (Å²) in [5.41, 5.74) is -0.0330. The fourth-order valence-electron chi connectivity index (χ4n) is 1.46. The highest BCUT2D eigenvalue weighted by molar-refractivity contribution is 7.99. The SMILES string of the molecule is CC(C)(O)CSc1nccn1-c1cccc(F)c1. The summed E-state index contributed by atoms with van der Waals surface area (Å²) in [6.45, 7) is 3.49. The Morgan fingerprint density at radius 1 is 1.44 bits per heavy atom. The topological polar surface area (TPSA) is 38.1 Å². The van der Waals surface area contributed by atoms with E-state index in [9.17, 15) is 9.50 Å². The smallest absolute Gasteiger partial charge is 0.172 e. The highest BCUT2D eigenvalue weighted by Gasteiger charge is 2.15. The van der Waals surface area contributed by atoms with Crippen molar-refractivity contribution in [2.24, 2.45) is 0 Å². The molecular formula is C13H15FN2OS. The highest BCUT2D eigenvalue weighted by Crippen LogP contribution is 2.24. The van der Waals surface area contributed by atoms with Crippen LogP contribution >= 0.6 is 11.8 Å². The lowest BCUT2D eigenvalue weighted by molar-refractivity contribution is 0.107. The second kappa shape index (κ2) is 5.12. The molecule has 0 radical (unpaired) electrons. The van der Waals surface area contributed by atoms with Crippen molar-refractivity contribution in [2.75, 3.05) is 5.75 Å². The standard InChI is InChI=1S/C13H15FN2OS/c1-13(2,17)9-18-12-15-6-7-16(12)11-5-3-4-10(14)8-11/h3-8,17H,9H2,1-2H3. The first-order valence-electron chi connectivity index (χ1n) is 5.60. The third-order valence-electron chi connectivity index (χ3n) is 2.25.